The summed E-state index contributed by atoms with van der Waals surface area (Å²) in [6.45, 7) is 0.704. The minimum atomic E-state index is -0.742. The molecule has 108 valence electrons. The van der Waals surface area contributed by atoms with Crippen molar-refractivity contribution in [3.63, 3.8) is 0 Å². The van der Waals surface area contributed by atoms with E-state index in [0.29, 0.717) is 12.2 Å². The lowest BCUT2D eigenvalue weighted by molar-refractivity contribution is 0.100. The minimum Gasteiger partial charge on any atom is -0.494 e. The van der Waals surface area contributed by atoms with Crippen LogP contribution >= 0.6 is 0 Å². The largest absolute Gasteiger partial charge is 0.494 e. The molecule has 1 fully saturated rings. The van der Waals surface area contributed by atoms with Gasteiger partial charge in [-0.25, -0.2) is 0 Å². The maximum Gasteiger partial charge on any atom is 0.316 e. The number of ether oxygens (including phenoxy) is 1. The van der Waals surface area contributed by atoms with Gasteiger partial charge in [0, 0.05) is 10.7 Å². The second kappa shape index (κ2) is 7.78. The van der Waals surface area contributed by atoms with Crippen LogP contribution in [0.4, 0.5) is 0 Å². The normalized spacial score (nSPS) is 15.8. The summed E-state index contributed by atoms with van der Waals surface area (Å²) in [5, 5.41) is 2.39. The molecule has 0 bridgehead atoms. The number of nitrogens with zero attached hydrogens (tertiary/aromatic N) is 1. The number of carbonyl (C=O) groups is 1. The van der Waals surface area contributed by atoms with Crippen molar-refractivity contribution in [3.05, 3.63) is 34.7 Å². The molecule has 0 heterocycles. The monoisotopic (exact) mass is 275 g/mol. The smallest absolute Gasteiger partial charge is 0.316 e. The number of carbonyl (C=O) groups excluding carboxylic acids is 1. The summed E-state index contributed by atoms with van der Waals surface area (Å²) in [4.78, 5) is 21.2. The molecule has 0 aliphatic heterocycles. The van der Waals surface area contributed by atoms with Gasteiger partial charge in [0.1, 0.15) is 5.75 Å². The van der Waals surface area contributed by atoms with E-state index in [4.69, 9.17) is 4.74 Å². The summed E-state index contributed by atoms with van der Waals surface area (Å²) in [7, 11) is 0. The Morgan fingerprint density at radius 2 is 1.85 bits per heavy atom. The quantitative estimate of drug-likeness (QED) is 0.573. The van der Waals surface area contributed by atoms with E-state index in [0.717, 1.165) is 18.1 Å². The van der Waals surface area contributed by atoms with Crippen LogP contribution in [0.1, 0.15) is 55.3 Å². The van der Waals surface area contributed by atoms with Gasteiger partial charge in [-0.2, -0.15) is 0 Å². The number of rotatable bonds is 6. The summed E-state index contributed by atoms with van der Waals surface area (Å²) in [5.41, 5.74) is 0.301. The van der Waals surface area contributed by atoms with Crippen LogP contribution in [0.15, 0.2) is 29.4 Å². The molecule has 4 heteroatoms. The van der Waals surface area contributed by atoms with Crippen LogP contribution < -0.4 is 4.74 Å². The lowest BCUT2D eigenvalue weighted by Gasteiger charge is -2.21. The van der Waals surface area contributed by atoms with Gasteiger partial charge in [-0.05, 0) is 43.0 Å². The van der Waals surface area contributed by atoms with E-state index < -0.39 is 5.91 Å². The van der Waals surface area contributed by atoms with E-state index in [-0.39, 0.29) is 0 Å². The minimum absolute atomic E-state index is 0.301. The Kier molecular flexibility index (Phi) is 5.71. The predicted octanol–water partition coefficient (Wildman–Crippen LogP) is 4.33. The molecule has 1 saturated carbocycles. The first-order valence-corrected chi connectivity index (χ1v) is 7.40. The van der Waals surface area contributed by atoms with E-state index in [1.54, 1.807) is 24.3 Å². The molecule has 2 rings (SSSR count). The van der Waals surface area contributed by atoms with Crippen molar-refractivity contribution in [2.45, 2.75) is 44.9 Å². The van der Waals surface area contributed by atoms with Crippen LogP contribution in [0.5, 0.6) is 5.75 Å². The number of hydrogen-bond acceptors (Lipinski definition) is 3. The average molecular weight is 275 g/mol. The maximum absolute atomic E-state index is 11.0. The molecule has 0 aromatic heterocycles. The van der Waals surface area contributed by atoms with Crippen molar-refractivity contribution in [2.75, 3.05) is 6.61 Å². The third kappa shape index (κ3) is 4.44. The predicted molar refractivity (Wildman–Crippen MR) is 77.9 cm³/mol. The van der Waals surface area contributed by atoms with Gasteiger partial charge in [0.2, 0.25) is 0 Å². The van der Waals surface area contributed by atoms with Crippen LogP contribution in [0.2, 0.25) is 0 Å². The fourth-order valence-corrected chi connectivity index (χ4v) is 2.78. The highest BCUT2D eigenvalue weighted by atomic mass is 16.5. The van der Waals surface area contributed by atoms with Gasteiger partial charge in [0.25, 0.3) is 0 Å². The number of nitroso groups, excluding NO2 is 1. The fraction of sp³-hybridized carbons (Fsp3) is 0.562. The highest BCUT2D eigenvalue weighted by Gasteiger charge is 2.12. The molecule has 1 aromatic rings. The molecule has 20 heavy (non-hydrogen) atoms. The SMILES string of the molecule is O=NC(=O)c1ccc(OCCCC2CCCCC2)cc1. The van der Waals surface area contributed by atoms with Crippen molar-refractivity contribution in [2.24, 2.45) is 11.1 Å². The van der Waals surface area contributed by atoms with Crippen molar-refractivity contribution >= 4 is 5.91 Å². The summed E-state index contributed by atoms with van der Waals surface area (Å²) in [6, 6.07) is 6.55. The van der Waals surface area contributed by atoms with Crippen LogP contribution in [0.3, 0.4) is 0 Å². The van der Waals surface area contributed by atoms with Crippen molar-refractivity contribution < 1.29 is 9.53 Å². The Bertz CT molecular complexity index is 436. The second-order valence-electron chi connectivity index (χ2n) is 5.42. The zero-order valence-electron chi connectivity index (χ0n) is 11.7. The van der Waals surface area contributed by atoms with Crippen molar-refractivity contribution in [1.82, 2.24) is 0 Å². The third-order valence-corrected chi connectivity index (χ3v) is 3.93. The van der Waals surface area contributed by atoms with Crippen molar-refractivity contribution in [3.8, 4) is 5.75 Å². The van der Waals surface area contributed by atoms with E-state index in [1.165, 1.54) is 38.5 Å². The standard InChI is InChI=1S/C16H21NO3/c18-16(17-19)14-8-10-15(11-9-14)20-12-4-7-13-5-2-1-3-6-13/h8-11,13H,1-7,12H2. The average Bonchev–Trinajstić information content (AvgIpc) is 2.52. The highest BCUT2D eigenvalue weighted by Crippen LogP contribution is 2.27. The van der Waals surface area contributed by atoms with Gasteiger partial charge in [-0.3, -0.25) is 4.79 Å². The third-order valence-electron chi connectivity index (χ3n) is 3.93. The van der Waals surface area contributed by atoms with Gasteiger partial charge in [0.05, 0.1) is 6.61 Å². The summed E-state index contributed by atoms with van der Waals surface area (Å²) < 4.78 is 5.65. The van der Waals surface area contributed by atoms with E-state index >= 15 is 0 Å². The number of hydrogen-bond donors (Lipinski definition) is 0. The Balaban J connectivity index is 1.68. The van der Waals surface area contributed by atoms with Gasteiger partial charge in [0.15, 0.2) is 0 Å². The molecule has 0 spiro atoms. The zero-order chi connectivity index (χ0) is 14.2. The molecule has 0 atom stereocenters. The second-order valence-corrected chi connectivity index (χ2v) is 5.42. The van der Waals surface area contributed by atoms with Crippen LogP contribution in [0.25, 0.3) is 0 Å². The molecule has 4 nitrogen and oxygen atoms in total. The molecule has 1 aliphatic rings. The first-order valence-electron chi connectivity index (χ1n) is 7.40. The van der Waals surface area contributed by atoms with Crippen LogP contribution in [0, 0.1) is 10.8 Å². The Hall–Kier alpha value is -1.71. The summed E-state index contributed by atoms with van der Waals surface area (Å²) in [6.07, 6.45) is 9.21. The van der Waals surface area contributed by atoms with E-state index in [2.05, 4.69) is 5.18 Å². The lowest BCUT2D eigenvalue weighted by atomic mass is 9.86. The van der Waals surface area contributed by atoms with E-state index in [1.807, 2.05) is 0 Å². The first-order chi connectivity index (χ1) is 9.79. The van der Waals surface area contributed by atoms with E-state index in [9.17, 15) is 9.70 Å². The first kappa shape index (κ1) is 14.7. The molecule has 0 radical (unpaired) electrons. The molecule has 1 amide bonds. The molecule has 1 aromatic carbocycles. The molecule has 0 saturated heterocycles. The van der Waals surface area contributed by atoms with Crippen LogP contribution in [-0.4, -0.2) is 12.5 Å². The Morgan fingerprint density at radius 3 is 2.50 bits per heavy atom. The topological polar surface area (TPSA) is 55.7 Å². The summed E-state index contributed by atoms with van der Waals surface area (Å²) in [5.74, 6) is 0.871. The molecule has 0 unspecified atom stereocenters. The highest BCUT2D eigenvalue weighted by molar-refractivity contribution is 5.94. The lowest BCUT2D eigenvalue weighted by Crippen LogP contribution is -2.08. The van der Waals surface area contributed by atoms with Gasteiger partial charge >= 0.3 is 5.91 Å². The van der Waals surface area contributed by atoms with Crippen LogP contribution in [-0.2, 0) is 0 Å². The zero-order valence-corrected chi connectivity index (χ0v) is 11.7. The summed E-state index contributed by atoms with van der Waals surface area (Å²) >= 11 is 0. The van der Waals surface area contributed by atoms with Crippen molar-refractivity contribution in [1.29, 1.82) is 0 Å². The molecular weight excluding hydrogens is 254 g/mol. The molecular formula is C16H21NO3. The Labute approximate surface area is 119 Å². The van der Waals surface area contributed by atoms with Gasteiger partial charge < -0.3 is 4.74 Å². The maximum atomic E-state index is 11.0. The fourth-order valence-electron chi connectivity index (χ4n) is 2.78. The van der Waals surface area contributed by atoms with Gasteiger partial charge in [-0.1, -0.05) is 32.1 Å². The Morgan fingerprint density at radius 1 is 1.15 bits per heavy atom. The molecule has 1 aliphatic carbocycles. The van der Waals surface area contributed by atoms with Gasteiger partial charge in [-0.15, -0.1) is 4.91 Å². The molecule has 0 N–H and O–H groups in total. The number of amides is 1. The number of benzene rings is 1.